The van der Waals surface area contributed by atoms with Gasteiger partial charge in [-0.2, -0.15) is 4.98 Å². The van der Waals surface area contributed by atoms with E-state index in [2.05, 4.69) is 10.1 Å². The molecule has 78 valence electrons. The minimum Gasteiger partial charge on any atom is -0.384 e. The summed E-state index contributed by atoms with van der Waals surface area (Å²) in [6, 6.07) is 0. The van der Waals surface area contributed by atoms with Crippen molar-refractivity contribution in [3.05, 3.63) is 11.7 Å². The predicted octanol–water partition coefficient (Wildman–Crippen LogP) is 1.15. The van der Waals surface area contributed by atoms with E-state index in [0.717, 1.165) is 19.4 Å². The van der Waals surface area contributed by atoms with Gasteiger partial charge in [-0.15, -0.1) is 0 Å². The molecule has 5 nitrogen and oxygen atoms in total. The zero-order chi connectivity index (χ0) is 10.2. The predicted molar refractivity (Wildman–Crippen MR) is 47.5 cm³/mol. The molecule has 0 saturated carbocycles. The molecule has 0 aromatic carbocycles. The maximum Gasteiger partial charge on any atom is 0.255 e. The molecule has 0 amide bonds. The van der Waals surface area contributed by atoms with Crippen LogP contribution in [0.4, 0.5) is 0 Å². The molecule has 2 atom stereocenters. The van der Waals surface area contributed by atoms with E-state index in [1.807, 2.05) is 6.92 Å². The molecular formula is C9H14N2O3. The lowest BCUT2D eigenvalue weighted by atomic mass is 10.0. The number of nitrogens with zero attached hydrogens (tertiary/aromatic N) is 2. The van der Waals surface area contributed by atoms with Gasteiger partial charge in [0.15, 0.2) is 0 Å². The van der Waals surface area contributed by atoms with Gasteiger partial charge in [0.2, 0.25) is 5.82 Å². The van der Waals surface area contributed by atoms with Crippen LogP contribution < -0.4 is 0 Å². The third-order valence-electron chi connectivity index (χ3n) is 2.49. The maximum absolute atomic E-state index is 9.23. The summed E-state index contributed by atoms with van der Waals surface area (Å²) in [5, 5.41) is 13.0. The van der Waals surface area contributed by atoms with Gasteiger partial charge in [0.1, 0.15) is 11.7 Å². The topological polar surface area (TPSA) is 68.4 Å². The minimum atomic E-state index is -0.721. The zero-order valence-electron chi connectivity index (χ0n) is 8.36. The fourth-order valence-electron chi connectivity index (χ4n) is 1.58. The van der Waals surface area contributed by atoms with Crippen LogP contribution in [-0.4, -0.2) is 21.9 Å². The Hall–Kier alpha value is -0.940. The molecule has 1 fully saturated rings. The van der Waals surface area contributed by atoms with Crippen molar-refractivity contribution in [3.63, 3.8) is 0 Å². The second-order valence-corrected chi connectivity index (χ2v) is 3.82. The van der Waals surface area contributed by atoms with Crippen molar-refractivity contribution < 1.29 is 14.4 Å². The lowest BCUT2D eigenvalue weighted by Crippen LogP contribution is -2.21. The molecule has 1 aliphatic heterocycles. The Balaban J connectivity index is 2.23. The van der Waals surface area contributed by atoms with E-state index in [-0.39, 0.29) is 5.89 Å². The van der Waals surface area contributed by atoms with Crippen LogP contribution in [0.5, 0.6) is 0 Å². The molecule has 0 radical (unpaired) electrons. The molecule has 0 spiro atoms. The Morgan fingerprint density at radius 2 is 2.36 bits per heavy atom. The number of aromatic nitrogens is 2. The number of ether oxygens (including phenoxy) is 1. The average molecular weight is 198 g/mol. The second-order valence-electron chi connectivity index (χ2n) is 3.82. The van der Waals surface area contributed by atoms with Crippen molar-refractivity contribution in [2.24, 2.45) is 0 Å². The molecule has 1 aromatic heterocycles. The van der Waals surface area contributed by atoms with Gasteiger partial charge in [-0.05, 0) is 26.7 Å². The number of aliphatic hydroxyl groups excluding tert-OH is 1. The van der Waals surface area contributed by atoms with E-state index in [9.17, 15) is 5.11 Å². The zero-order valence-corrected chi connectivity index (χ0v) is 8.36. The lowest BCUT2D eigenvalue weighted by Gasteiger charge is -2.17. The fourth-order valence-corrected chi connectivity index (χ4v) is 1.58. The lowest BCUT2D eigenvalue weighted by molar-refractivity contribution is 0.00767. The van der Waals surface area contributed by atoms with Gasteiger partial charge in [0.25, 0.3) is 5.89 Å². The van der Waals surface area contributed by atoms with Crippen LogP contribution in [0.1, 0.15) is 44.5 Å². The van der Waals surface area contributed by atoms with Crippen LogP contribution >= 0.6 is 0 Å². The van der Waals surface area contributed by atoms with Crippen molar-refractivity contribution in [2.45, 2.75) is 38.4 Å². The van der Waals surface area contributed by atoms with Crippen LogP contribution in [0.15, 0.2) is 4.52 Å². The highest BCUT2D eigenvalue weighted by Gasteiger charge is 2.36. The van der Waals surface area contributed by atoms with Crippen LogP contribution in [0.25, 0.3) is 0 Å². The number of rotatable bonds is 2. The molecule has 2 heterocycles. The molecule has 5 heteroatoms. The van der Waals surface area contributed by atoms with E-state index in [0.29, 0.717) is 5.82 Å². The van der Waals surface area contributed by atoms with Gasteiger partial charge in [-0.3, -0.25) is 0 Å². The largest absolute Gasteiger partial charge is 0.384 e. The summed E-state index contributed by atoms with van der Waals surface area (Å²) in [6.45, 7) is 4.26. The molecule has 1 saturated heterocycles. The van der Waals surface area contributed by atoms with Gasteiger partial charge in [-0.25, -0.2) is 0 Å². The molecule has 14 heavy (non-hydrogen) atoms. The third-order valence-corrected chi connectivity index (χ3v) is 2.49. The molecule has 0 bridgehead atoms. The summed E-state index contributed by atoms with van der Waals surface area (Å²) in [6.07, 6.45) is 1.18. The molecule has 0 aliphatic carbocycles. The standard InChI is InChI=1S/C9H14N2O3/c1-6(12)7-10-8(11-14-7)9(2)4-3-5-13-9/h6,12H,3-5H2,1-2H3. The highest BCUT2D eigenvalue weighted by Crippen LogP contribution is 2.33. The fraction of sp³-hybridized carbons (Fsp3) is 0.778. The van der Waals surface area contributed by atoms with Crippen molar-refractivity contribution in [1.82, 2.24) is 10.1 Å². The van der Waals surface area contributed by atoms with E-state index in [1.165, 1.54) is 0 Å². The second kappa shape index (κ2) is 3.33. The first-order valence-electron chi connectivity index (χ1n) is 4.78. The number of hydrogen-bond acceptors (Lipinski definition) is 5. The van der Waals surface area contributed by atoms with Gasteiger partial charge < -0.3 is 14.4 Å². The number of hydrogen-bond donors (Lipinski definition) is 1. The summed E-state index contributed by atoms with van der Waals surface area (Å²) in [5.41, 5.74) is -0.434. The van der Waals surface area contributed by atoms with E-state index < -0.39 is 11.7 Å². The van der Waals surface area contributed by atoms with Crippen molar-refractivity contribution in [3.8, 4) is 0 Å². The minimum absolute atomic E-state index is 0.247. The molecule has 1 N–H and O–H groups in total. The molecule has 2 unspecified atom stereocenters. The van der Waals surface area contributed by atoms with E-state index in [1.54, 1.807) is 6.92 Å². The summed E-state index contributed by atoms with van der Waals surface area (Å²) >= 11 is 0. The third kappa shape index (κ3) is 1.53. The van der Waals surface area contributed by atoms with Crippen LogP contribution in [0.3, 0.4) is 0 Å². The number of aliphatic hydroxyl groups is 1. The highest BCUT2D eigenvalue weighted by atomic mass is 16.5. The smallest absolute Gasteiger partial charge is 0.255 e. The van der Waals surface area contributed by atoms with Gasteiger partial charge >= 0.3 is 0 Å². The summed E-state index contributed by atoms with van der Waals surface area (Å²) in [7, 11) is 0. The normalized spacial score (nSPS) is 29.4. The van der Waals surface area contributed by atoms with Gasteiger partial charge in [0.05, 0.1) is 0 Å². The van der Waals surface area contributed by atoms with Crippen molar-refractivity contribution in [1.29, 1.82) is 0 Å². The Bertz CT molecular complexity index is 316. The summed E-state index contributed by atoms with van der Waals surface area (Å²) in [5.74, 6) is 0.780. The summed E-state index contributed by atoms with van der Waals surface area (Å²) < 4.78 is 10.5. The monoisotopic (exact) mass is 198 g/mol. The van der Waals surface area contributed by atoms with Crippen molar-refractivity contribution >= 4 is 0 Å². The quantitative estimate of drug-likeness (QED) is 0.772. The highest BCUT2D eigenvalue weighted by molar-refractivity contribution is 5.02. The Morgan fingerprint density at radius 3 is 2.86 bits per heavy atom. The van der Waals surface area contributed by atoms with Crippen LogP contribution in [0, 0.1) is 0 Å². The van der Waals surface area contributed by atoms with E-state index >= 15 is 0 Å². The van der Waals surface area contributed by atoms with Gasteiger partial charge in [-0.1, -0.05) is 5.16 Å². The summed E-state index contributed by atoms with van der Waals surface area (Å²) in [4.78, 5) is 4.11. The Morgan fingerprint density at radius 1 is 1.57 bits per heavy atom. The SMILES string of the molecule is CC(O)c1nc(C2(C)CCCO2)no1. The first kappa shape index (κ1) is 9.61. The van der Waals surface area contributed by atoms with Crippen molar-refractivity contribution in [2.75, 3.05) is 6.61 Å². The average Bonchev–Trinajstić information content (AvgIpc) is 2.71. The molecule has 1 aromatic rings. The van der Waals surface area contributed by atoms with E-state index in [4.69, 9.17) is 9.26 Å². The van der Waals surface area contributed by atoms with Crippen LogP contribution in [-0.2, 0) is 10.3 Å². The Labute approximate surface area is 82.1 Å². The molecule has 1 aliphatic rings. The molecule has 2 rings (SSSR count). The first-order valence-corrected chi connectivity index (χ1v) is 4.78. The maximum atomic E-state index is 9.23. The molecular weight excluding hydrogens is 184 g/mol. The first-order chi connectivity index (χ1) is 6.62. The van der Waals surface area contributed by atoms with Gasteiger partial charge in [0, 0.05) is 6.61 Å². The van der Waals surface area contributed by atoms with Crippen LogP contribution in [0.2, 0.25) is 0 Å². The Kier molecular flexibility index (Phi) is 2.28.